The molecule has 6 heteroatoms. The molecule has 1 aliphatic rings. The van der Waals surface area contributed by atoms with Crippen molar-refractivity contribution in [1.82, 2.24) is 10.1 Å². The van der Waals surface area contributed by atoms with Gasteiger partial charge < -0.3 is 14.2 Å². The molecule has 0 saturated carbocycles. The van der Waals surface area contributed by atoms with E-state index in [-0.39, 0.29) is 0 Å². The molecule has 1 aromatic heterocycles. The average Bonchev–Trinajstić information content (AvgIpc) is 2.98. The van der Waals surface area contributed by atoms with Gasteiger partial charge in [-0.25, -0.2) is 0 Å². The first-order valence-electron chi connectivity index (χ1n) is 6.04. The summed E-state index contributed by atoms with van der Waals surface area (Å²) in [5.74, 6) is 1.05. The Morgan fingerprint density at radius 1 is 1.16 bits per heavy atom. The van der Waals surface area contributed by atoms with Gasteiger partial charge in [0.05, 0.1) is 24.8 Å². The Labute approximate surface area is 110 Å². The smallest absolute Gasteiger partial charge is 0.266 e. The van der Waals surface area contributed by atoms with E-state index in [4.69, 9.17) is 14.5 Å². The van der Waals surface area contributed by atoms with Crippen LogP contribution in [0, 0.1) is 11.3 Å². The van der Waals surface area contributed by atoms with Crippen molar-refractivity contribution in [3.63, 3.8) is 0 Å². The van der Waals surface area contributed by atoms with E-state index in [1.165, 1.54) is 0 Å². The Morgan fingerprint density at radius 3 is 2.58 bits per heavy atom. The van der Waals surface area contributed by atoms with E-state index in [2.05, 4.69) is 16.2 Å². The molecule has 0 radical (unpaired) electrons. The van der Waals surface area contributed by atoms with Crippen molar-refractivity contribution in [3.8, 4) is 17.5 Å². The van der Waals surface area contributed by atoms with Gasteiger partial charge in [-0.2, -0.15) is 10.2 Å². The highest BCUT2D eigenvalue weighted by atomic mass is 16.5. The van der Waals surface area contributed by atoms with Gasteiger partial charge in [-0.1, -0.05) is 0 Å². The standard InChI is InChI=1S/C13H12N4O2/c14-9-10-1-3-11(4-2-10)12-15-13(16-19-12)17-5-7-18-8-6-17/h1-4H,5-8H2. The van der Waals surface area contributed by atoms with Crippen molar-refractivity contribution >= 4 is 5.95 Å². The normalized spacial score (nSPS) is 15.2. The Bertz CT molecular complexity index is 594. The fraction of sp³-hybridized carbons (Fsp3) is 0.308. The van der Waals surface area contributed by atoms with Crippen LogP contribution >= 0.6 is 0 Å². The van der Waals surface area contributed by atoms with Gasteiger partial charge in [0.1, 0.15) is 0 Å². The summed E-state index contributed by atoms with van der Waals surface area (Å²) in [5.41, 5.74) is 1.42. The average molecular weight is 256 g/mol. The molecule has 19 heavy (non-hydrogen) atoms. The maximum Gasteiger partial charge on any atom is 0.266 e. The second-order valence-corrected chi connectivity index (χ2v) is 4.19. The highest BCUT2D eigenvalue weighted by molar-refractivity contribution is 5.56. The number of nitrogens with zero attached hydrogens (tertiary/aromatic N) is 4. The number of rotatable bonds is 2. The molecule has 1 fully saturated rings. The van der Waals surface area contributed by atoms with Gasteiger partial charge >= 0.3 is 0 Å². The van der Waals surface area contributed by atoms with Crippen LogP contribution in [0.5, 0.6) is 0 Å². The first-order chi connectivity index (χ1) is 9.36. The zero-order valence-corrected chi connectivity index (χ0v) is 10.2. The quantitative estimate of drug-likeness (QED) is 0.809. The van der Waals surface area contributed by atoms with Crippen LogP contribution in [0.2, 0.25) is 0 Å². The summed E-state index contributed by atoms with van der Waals surface area (Å²) in [5, 5.41) is 12.7. The van der Waals surface area contributed by atoms with E-state index in [0.717, 1.165) is 18.7 Å². The summed E-state index contributed by atoms with van der Waals surface area (Å²) in [4.78, 5) is 6.40. The van der Waals surface area contributed by atoms with Crippen LogP contribution in [0.1, 0.15) is 5.56 Å². The monoisotopic (exact) mass is 256 g/mol. The van der Waals surface area contributed by atoms with Crippen molar-refractivity contribution < 1.29 is 9.26 Å². The third-order valence-electron chi connectivity index (χ3n) is 2.97. The molecule has 0 N–H and O–H groups in total. The van der Waals surface area contributed by atoms with Gasteiger partial charge in [0.25, 0.3) is 11.8 Å². The highest BCUT2D eigenvalue weighted by Gasteiger charge is 2.17. The molecule has 2 heterocycles. The second kappa shape index (κ2) is 5.08. The number of benzene rings is 1. The van der Waals surface area contributed by atoms with E-state index in [1.807, 2.05) is 4.90 Å². The molecule has 0 aliphatic carbocycles. The summed E-state index contributed by atoms with van der Waals surface area (Å²) < 4.78 is 10.5. The molecule has 0 spiro atoms. The van der Waals surface area contributed by atoms with Crippen molar-refractivity contribution in [2.75, 3.05) is 31.2 Å². The number of ether oxygens (including phenoxy) is 1. The summed E-state index contributed by atoms with van der Waals surface area (Å²) in [7, 11) is 0. The van der Waals surface area contributed by atoms with E-state index in [1.54, 1.807) is 24.3 Å². The lowest BCUT2D eigenvalue weighted by Gasteiger charge is -2.24. The van der Waals surface area contributed by atoms with Gasteiger partial charge in [0.2, 0.25) is 0 Å². The van der Waals surface area contributed by atoms with Crippen LogP contribution in [-0.2, 0) is 4.74 Å². The zero-order chi connectivity index (χ0) is 13.1. The molecular formula is C13H12N4O2. The molecule has 1 aliphatic heterocycles. The van der Waals surface area contributed by atoms with E-state index >= 15 is 0 Å². The number of morpholine rings is 1. The number of nitriles is 1. The lowest BCUT2D eigenvalue weighted by Crippen LogP contribution is -2.36. The summed E-state index contributed by atoms with van der Waals surface area (Å²) in [6.45, 7) is 2.90. The van der Waals surface area contributed by atoms with Crippen LogP contribution in [0.3, 0.4) is 0 Å². The third-order valence-corrected chi connectivity index (χ3v) is 2.97. The van der Waals surface area contributed by atoms with Gasteiger partial charge in [-0.3, -0.25) is 0 Å². The summed E-state index contributed by atoms with van der Waals surface area (Å²) in [6.07, 6.45) is 0. The van der Waals surface area contributed by atoms with Gasteiger partial charge in [-0.15, -0.1) is 0 Å². The molecule has 1 saturated heterocycles. The van der Waals surface area contributed by atoms with Crippen molar-refractivity contribution in [2.45, 2.75) is 0 Å². The number of hydrogen-bond acceptors (Lipinski definition) is 6. The van der Waals surface area contributed by atoms with Gasteiger partial charge in [-0.05, 0) is 29.4 Å². The molecule has 0 amide bonds. The zero-order valence-electron chi connectivity index (χ0n) is 10.2. The number of hydrogen-bond donors (Lipinski definition) is 0. The molecular weight excluding hydrogens is 244 g/mol. The highest BCUT2D eigenvalue weighted by Crippen LogP contribution is 2.21. The summed E-state index contributed by atoms with van der Waals surface area (Å²) in [6, 6.07) is 9.14. The lowest BCUT2D eigenvalue weighted by molar-refractivity contribution is 0.121. The molecule has 0 unspecified atom stereocenters. The fourth-order valence-electron chi connectivity index (χ4n) is 1.91. The second-order valence-electron chi connectivity index (χ2n) is 4.19. The molecule has 3 rings (SSSR count). The van der Waals surface area contributed by atoms with Crippen LogP contribution < -0.4 is 4.90 Å². The first kappa shape index (κ1) is 11.7. The Hall–Kier alpha value is -2.39. The summed E-state index contributed by atoms with van der Waals surface area (Å²) >= 11 is 0. The minimum atomic E-state index is 0.464. The molecule has 96 valence electrons. The minimum Gasteiger partial charge on any atom is -0.378 e. The van der Waals surface area contributed by atoms with E-state index in [9.17, 15) is 0 Å². The van der Waals surface area contributed by atoms with Crippen molar-refractivity contribution in [1.29, 1.82) is 5.26 Å². The maximum atomic E-state index is 8.75. The largest absolute Gasteiger partial charge is 0.378 e. The fourth-order valence-corrected chi connectivity index (χ4v) is 1.91. The first-order valence-corrected chi connectivity index (χ1v) is 6.04. The third kappa shape index (κ3) is 2.41. The van der Waals surface area contributed by atoms with Crippen LogP contribution in [0.25, 0.3) is 11.5 Å². The predicted octanol–water partition coefficient (Wildman–Crippen LogP) is 1.44. The molecule has 0 atom stereocenters. The molecule has 0 bridgehead atoms. The van der Waals surface area contributed by atoms with Crippen LogP contribution in [0.4, 0.5) is 5.95 Å². The minimum absolute atomic E-state index is 0.464. The Balaban J connectivity index is 1.81. The topological polar surface area (TPSA) is 75.2 Å². The molecule has 6 nitrogen and oxygen atoms in total. The van der Waals surface area contributed by atoms with E-state index in [0.29, 0.717) is 30.6 Å². The van der Waals surface area contributed by atoms with Crippen LogP contribution in [-0.4, -0.2) is 36.4 Å². The Morgan fingerprint density at radius 2 is 1.89 bits per heavy atom. The number of aromatic nitrogens is 2. The van der Waals surface area contributed by atoms with Crippen LogP contribution in [0.15, 0.2) is 28.8 Å². The predicted molar refractivity (Wildman–Crippen MR) is 67.5 cm³/mol. The molecule has 2 aromatic rings. The maximum absolute atomic E-state index is 8.75. The van der Waals surface area contributed by atoms with Crippen molar-refractivity contribution in [2.24, 2.45) is 0 Å². The lowest BCUT2D eigenvalue weighted by atomic mass is 10.1. The van der Waals surface area contributed by atoms with Crippen molar-refractivity contribution in [3.05, 3.63) is 29.8 Å². The van der Waals surface area contributed by atoms with Gasteiger partial charge in [0, 0.05) is 18.7 Å². The Kier molecular flexibility index (Phi) is 3.12. The number of anilines is 1. The van der Waals surface area contributed by atoms with E-state index < -0.39 is 0 Å². The molecule has 1 aromatic carbocycles. The SMILES string of the molecule is N#Cc1ccc(-c2nc(N3CCOCC3)no2)cc1. The van der Waals surface area contributed by atoms with Gasteiger partial charge in [0.15, 0.2) is 0 Å².